The van der Waals surface area contributed by atoms with Gasteiger partial charge in [-0.2, -0.15) is 0 Å². The van der Waals surface area contributed by atoms with Crippen LogP contribution in [0, 0.1) is 0 Å². The van der Waals surface area contributed by atoms with E-state index >= 15 is 0 Å². The van der Waals surface area contributed by atoms with E-state index in [2.05, 4.69) is 4.98 Å². The number of fused-ring (bicyclic) bond motifs is 1. The van der Waals surface area contributed by atoms with Crippen LogP contribution in [0.2, 0.25) is 5.02 Å². The van der Waals surface area contributed by atoms with Crippen LogP contribution in [0.15, 0.2) is 96.2 Å². The summed E-state index contributed by atoms with van der Waals surface area (Å²) in [6.45, 7) is 0.553. The molecule has 3 aromatic carbocycles. The summed E-state index contributed by atoms with van der Waals surface area (Å²) in [4.78, 5) is 30.3. The van der Waals surface area contributed by atoms with Crippen LogP contribution in [0.5, 0.6) is 0 Å². The third-order valence-electron chi connectivity index (χ3n) is 5.78. The third kappa shape index (κ3) is 3.99. The molecule has 6 heteroatoms. The number of carbonyl (C=O) groups excluding carboxylic acids is 1. The Kier molecular flexibility index (Phi) is 5.40. The van der Waals surface area contributed by atoms with Crippen molar-refractivity contribution in [1.82, 2.24) is 14.1 Å². The van der Waals surface area contributed by atoms with Crippen LogP contribution in [0.1, 0.15) is 21.6 Å². The van der Waals surface area contributed by atoms with Crippen LogP contribution in [-0.4, -0.2) is 19.9 Å². The maximum atomic E-state index is 13.5. The molecule has 0 bridgehead atoms. The van der Waals surface area contributed by atoms with E-state index in [0.29, 0.717) is 22.8 Å². The number of carbonyl (C=O) groups is 1. The molecule has 0 amide bonds. The molecule has 0 aliphatic carbocycles. The quantitative estimate of drug-likeness (QED) is 0.338. The summed E-state index contributed by atoms with van der Waals surface area (Å²) in [5.74, 6) is -0.128. The number of aryl methyl sites for hydroxylation is 1. The highest BCUT2D eigenvalue weighted by atomic mass is 35.5. The zero-order valence-corrected chi connectivity index (χ0v) is 18.7. The number of aromatic nitrogens is 3. The first kappa shape index (κ1) is 20.9. The van der Waals surface area contributed by atoms with Crippen molar-refractivity contribution in [2.45, 2.75) is 6.54 Å². The van der Waals surface area contributed by atoms with Crippen molar-refractivity contribution in [2.24, 2.45) is 7.05 Å². The first-order valence-corrected chi connectivity index (χ1v) is 10.9. The first-order chi connectivity index (χ1) is 16.0. The number of pyridine rings is 1. The average molecular weight is 454 g/mol. The minimum absolute atomic E-state index is 0.127. The summed E-state index contributed by atoms with van der Waals surface area (Å²) in [6.07, 6.45) is 3.26. The van der Waals surface area contributed by atoms with Crippen LogP contribution < -0.4 is 5.56 Å². The minimum atomic E-state index is -0.128. The van der Waals surface area contributed by atoms with Crippen LogP contribution in [0.25, 0.3) is 22.0 Å². The highest BCUT2D eigenvalue weighted by Crippen LogP contribution is 2.30. The molecule has 2 heterocycles. The van der Waals surface area contributed by atoms with Gasteiger partial charge in [0, 0.05) is 35.6 Å². The lowest BCUT2D eigenvalue weighted by Gasteiger charge is -2.13. The normalized spacial score (nSPS) is 11.1. The highest BCUT2D eigenvalue weighted by molar-refractivity contribution is 6.31. The van der Waals surface area contributed by atoms with Gasteiger partial charge in [-0.1, -0.05) is 54.1 Å². The van der Waals surface area contributed by atoms with Gasteiger partial charge in [0.25, 0.3) is 5.56 Å². The van der Waals surface area contributed by atoms with Crippen LogP contribution in [0.4, 0.5) is 0 Å². The van der Waals surface area contributed by atoms with E-state index in [0.717, 1.165) is 27.6 Å². The number of halogens is 1. The van der Waals surface area contributed by atoms with Gasteiger partial charge in [-0.3, -0.25) is 9.59 Å². The zero-order valence-electron chi connectivity index (χ0n) is 17.9. The number of benzene rings is 3. The molecule has 5 nitrogen and oxygen atoms in total. The Balaban J connectivity index is 1.61. The van der Waals surface area contributed by atoms with Gasteiger partial charge in [-0.15, -0.1) is 0 Å². The Labute approximate surface area is 195 Å². The lowest BCUT2D eigenvalue weighted by atomic mass is 9.98. The van der Waals surface area contributed by atoms with Crippen molar-refractivity contribution in [3.8, 4) is 11.1 Å². The van der Waals surface area contributed by atoms with Crippen LogP contribution in [0.3, 0.4) is 0 Å². The van der Waals surface area contributed by atoms with Gasteiger partial charge in [0.2, 0.25) is 5.78 Å². The Morgan fingerprint density at radius 2 is 1.79 bits per heavy atom. The number of ketones is 1. The van der Waals surface area contributed by atoms with Gasteiger partial charge in [-0.25, -0.2) is 4.98 Å². The molecule has 0 fully saturated rings. The molecule has 5 rings (SSSR count). The molecule has 0 radical (unpaired) electrons. The molecule has 162 valence electrons. The SMILES string of the molecule is Cn1c(=O)cc(-c2cccc(Cl)c2)c2cc(C(=O)c3cncn3Cc3ccccc3)ccc21. The Morgan fingerprint density at radius 1 is 0.970 bits per heavy atom. The third-order valence-corrected chi connectivity index (χ3v) is 6.02. The average Bonchev–Trinajstić information content (AvgIpc) is 3.29. The summed E-state index contributed by atoms with van der Waals surface area (Å²) in [6, 6.07) is 24.3. The summed E-state index contributed by atoms with van der Waals surface area (Å²) in [5.41, 5.74) is 4.30. The Hall–Kier alpha value is -3.96. The van der Waals surface area contributed by atoms with Gasteiger partial charge in [0.15, 0.2) is 0 Å². The second kappa shape index (κ2) is 8.52. The predicted octanol–water partition coefficient (Wildman–Crippen LogP) is 5.33. The van der Waals surface area contributed by atoms with Crippen LogP contribution >= 0.6 is 11.6 Å². The van der Waals surface area contributed by atoms with Gasteiger partial charge in [0.05, 0.1) is 18.0 Å². The standard InChI is InChI=1S/C27H20ClN3O2/c1-30-24-11-10-20(13-23(24)22(14-26(30)32)19-8-5-9-21(28)12-19)27(33)25-15-29-17-31(25)16-18-6-3-2-4-7-18/h2-15,17H,16H2,1H3. The van der Waals surface area contributed by atoms with Crippen molar-refractivity contribution in [3.05, 3.63) is 124 Å². The van der Waals surface area contributed by atoms with Crippen molar-refractivity contribution in [1.29, 1.82) is 0 Å². The van der Waals surface area contributed by atoms with Crippen molar-refractivity contribution in [2.75, 3.05) is 0 Å². The molecule has 0 saturated heterocycles. The fourth-order valence-electron chi connectivity index (χ4n) is 4.06. The predicted molar refractivity (Wildman–Crippen MR) is 131 cm³/mol. The van der Waals surface area contributed by atoms with E-state index < -0.39 is 0 Å². The minimum Gasteiger partial charge on any atom is -0.323 e. The number of hydrogen-bond donors (Lipinski definition) is 0. The lowest BCUT2D eigenvalue weighted by molar-refractivity contribution is 0.103. The van der Waals surface area contributed by atoms with Gasteiger partial charge >= 0.3 is 0 Å². The molecule has 2 aromatic heterocycles. The molecule has 33 heavy (non-hydrogen) atoms. The Morgan fingerprint density at radius 3 is 2.58 bits per heavy atom. The second-order valence-corrected chi connectivity index (χ2v) is 8.36. The van der Waals surface area contributed by atoms with Gasteiger partial charge in [-0.05, 0) is 47.0 Å². The van der Waals surface area contributed by atoms with Gasteiger partial charge < -0.3 is 9.13 Å². The molecule has 0 aliphatic heterocycles. The molecule has 0 saturated carbocycles. The van der Waals surface area contributed by atoms with E-state index in [-0.39, 0.29) is 11.3 Å². The number of rotatable bonds is 5. The maximum absolute atomic E-state index is 13.5. The van der Waals surface area contributed by atoms with E-state index in [4.69, 9.17) is 11.6 Å². The number of hydrogen-bond acceptors (Lipinski definition) is 3. The fraction of sp³-hybridized carbons (Fsp3) is 0.0741. The molecule has 0 unspecified atom stereocenters. The van der Waals surface area contributed by atoms with E-state index in [1.54, 1.807) is 42.3 Å². The molecule has 0 atom stereocenters. The fourth-order valence-corrected chi connectivity index (χ4v) is 4.25. The first-order valence-electron chi connectivity index (χ1n) is 10.5. The summed E-state index contributed by atoms with van der Waals surface area (Å²) in [7, 11) is 1.73. The van der Waals surface area contributed by atoms with Crippen molar-refractivity contribution >= 4 is 28.3 Å². The van der Waals surface area contributed by atoms with E-state index in [1.165, 1.54) is 0 Å². The smallest absolute Gasteiger partial charge is 0.251 e. The second-order valence-electron chi connectivity index (χ2n) is 7.92. The summed E-state index contributed by atoms with van der Waals surface area (Å²) < 4.78 is 3.43. The van der Waals surface area contributed by atoms with Crippen molar-refractivity contribution in [3.63, 3.8) is 0 Å². The summed E-state index contributed by atoms with van der Waals surface area (Å²) >= 11 is 6.20. The molecule has 0 spiro atoms. The maximum Gasteiger partial charge on any atom is 0.251 e. The van der Waals surface area contributed by atoms with Gasteiger partial charge in [0.1, 0.15) is 5.69 Å². The molecule has 0 aliphatic rings. The molecule has 5 aromatic rings. The summed E-state index contributed by atoms with van der Waals surface area (Å²) in [5, 5.41) is 1.39. The lowest BCUT2D eigenvalue weighted by Crippen LogP contribution is -2.17. The van der Waals surface area contributed by atoms with Crippen molar-refractivity contribution < 1.29 is 4.79 Å². The zero-order chi connectivity index (χ0) is 22.9. The molecular weight excluding hydrogens is 434 g/mol. The number of nitrogens with zero attached hydrogens (tertiary/aromatic N) is 3. The highest BCUT2D eigenvalue weighted by Gasteiger charge is 2.17. The molecular formula is C27H20ClN3O2. The Bertz CT molecular complexity index is 1550. The monoisotopic (exact) mass is 453 g/mol. The van der Waals surface area contributed by atoms with E-state index in [1.807, 2.05) is 65.2 Å². The van der Waals surface area contributed by atoms with E-state index in [9.17, 15) is 9.59 Å². The number of imidazole rings is 1. The molecule has 0 N–H and O–H groups in total. The topological polar surface area (TPSA) is 56.9 Å². The van der Waals surface area contributed by atoms with Crippen LogP contribution in [-0.2, 0) is 13.6 Å². The largest absolute Gasteiger partial charge is 0.323 e.